The van der Waals surface area contributed by atoms with Gasteiger partial charge in [-0.05, 0) is 42.3 Å². The average Bonchev–Trinajstić information content (AvgIpc) is 3.30. The minimum absolute atomic E-state index is 0.294. The number of ether oxygens (including phenoxy) is 2. The number of sulfonamides is 1. The second-order valence-corrected chi connectivity index (χ2v) is 10.3. The maximum atomic E-state index is 12.7. The lowest BCUT2D eigenvalue weighted by Crippen LogP contribution is -2.40. The molecule has 1 N–H and O–H groups in total. The highest BCUT2D eigenvalue weighted by molar-refractivity contribution is 7.89. The molecule has 1 aromatic heterocycles. The number of fused-ring (bicyclic) bond motifs is 1. The molecule has 7 nitrogen and oxygen atoms in total. The van der Waals surface area contributed by atoms with E-state index in [1.54, 1.807) is 24.3 Å². The van der Waals surface area contributed by atoms with Crippen molar-refractivity contribution in [3.05, 3.63) is 66.4 Å². The van der Waals surface area contributed by atoms with Crippen LogP contribution in [-0.2, 0) is 14.8 Å². The van der Waals surface area contributed by atoms with E-state index in [0.717, 1.165) is 26.1 Å². The molecule has 2 aliphatic rings. The first kappa shape index (κ1) is 22.2. The number of nitrogens with one attached hydrogen (secondary N) is 1. The number of nitrogens with zero attached hydrogens (tertiary/aromatic N) is 2. The van der Waals surface area contributed by atoms with E-state index in [2.05, 4.69) is 46.4 Å². The Balaban J connectivity index is 1.13. The Bertz CT molecular complexity index is 1230. The zero-order valence-electron chi connectivity index (χ0n) is 18.6. The van der Waals surface area contributed by atoms with Crippen molar-refractivity contribution in [2.75, 3.05) is 52.5 Å². The highest BCUT2D eigenvalue weighted by Crippen LogP contribution is 2.29. The van der Waals surface area contributed by atoms with Crippen LogP contribution in [0.2, 0.25) is 0 Å². The van der Waals surface area contributed by atoms with E-state index in [0.29, 0.717) is 43.6 Å². The molecule has 2 aliphatic heterocycles. The highest BCUT2D eigenvalue weighted by atomic mass is 32.2. The van der Waals surface area contributed by atoms with Crippen LogP contribution < -0.4 is 4.74 Å². The topological polar surface area (TPSA) is 74.9 Å². The molecule has 3 aromatic rings. The highest BCUT2D eigenvalue weighted by Gasteiger charge is 2.26. The van der Waals surface area contributed by atoms with Gasteiger partial charge in [-0.25, -0.2) is 8.42 Å². The normalized spacial score (nSPS) is 18.4. The van der Waals surface area contributed by atoms with Crippen LogP contribution in [0.3, 0.4) is 0 Å². The molecule has 8 heteroatoms. The van der Waals surface area contributed by atoms with Gasteiger partial charge in [0.2, 0.25) is 10.0 Å². The van der Waals surface area contributed by atoms with E-state index in [4.69, 9.17) is 9.47 Å². The SMILES string of the molecule is O=S(=O)(c1ccc(OCCN2CC=C(c3c[nH]c4ccccc34)CC2)cc1)N1CCOCC1. The van der Waals surface area contributed by atoms with Gasteiger partial charge in [-0.3, -0.25) is 4.90 Å². The van der Waals surface area contributed by atoms with E-state index in [1.165, 1.54) is 26.3 Å². The lowest BCUT2D eigenvalue weighted by atomic mass is 9.99. The van der Waals surface area contributed by atoms with Crippen LogP contribution in [0, 0.1) is 0 Å². The Hall–Kier alpha value is -2.65. The van der Waals surface area contributed by atoms with Crippen LogP contribution in [0.5, 0.6) is 5.75 Å². The van der Waals surface area contributed by atoms with E-state index >= 15 is 0 Å². The summed E-state index contributed by atoms with van der Waals surface area (Å²) in [6, 6.07) is 15.1. The van der Waals surface area contributed by atoms with E-state index in [1.807, 2.05) is 0 Å². The molecule has 0 saturated carbocycles. The number of aromatic amines is 1. The predicted octanol–water partition coefficient (Wildman–Crippen LogP) is 3.36. The van der Waals surface area contributed by atoms with E-state index in [9.17, 15) is 8.42 Å². The predicted molar refractivity (Wildman–Crippen MR) is 129 cm³/mol. The van der Waals surface area contributed by atoms with Crippen LogP contribution in [0.4, 0.5) is 0 Å². The largest absolute Gasteiger partial charge is 0.492 e. The van der Waals surface area contributed by atoms with Crippen LogP contribution >= 0.6 is 0 Å². The maximum absolute atomic E-state index is 12.7. The number of hydrogen-bond acceptors (Lipinski definition) is 5. The van der Waals surface area contributed by atoms with Crippen molar-refractivity contribution in [1.82, 2.24) is 14.2 Å². The molecular weight excluding hydrogens is 438 g/mol. The van der Waals surface area contributed by atoms with E-state index < -0.39 is 10.0 Å². The van der Waals surface area contributed by atoms with Gasteiger partial charge in [0, 0.05) is 55.4 Å². The summed E-state index contributed by atoms with van der Waals surface area (Å²) < 4.78 is 38.0. The van der Waals surface area contributed by atoms with Crippen molar-refractivity contribution in [3.63, 3.8) is 0 Å². The van der Waals surface area contributed by atoms with Crippen LogP contribution in [-0.4, -0.2) is 75.2 Å². The first-order valence-corrected chi connectivity index (χ1v) is 12.8. The zero-order valence-corrected chi connectivity index (χ0v) is 19.4. The van der Waals surface area contributed by atoms with Gasteiger partial charge in [-0.2, -0.15) is 4.31 Å². The third kappa shape index (κ3) is 4.84. The summed E-state index contributed by atoms with van der Waals surface area (Å²) in [6.07, 6.45) is 5.43. The fourth-order valence-electron chi connectivity index (χ4n) is 4.43. The number of morpholine rings is 1. The average molecular weight is 468 g/mol. The molecule has 1 saturated heterocycles. The smallest absolute Gasteiger partial charge is 0.243 e. The van der Waals surface area contributed by atoms with Gasteiger partial charge < -0.3 is 14.5 Å². The second-order valence-electron chi connectivity index (χ2n) is 8.36. The molecule has 0 radical (unpaired) electrons. The molecule has 0 aliphatic carbocycles. The van der Waals surface area contributed by atoms with Crippen molar-refractivity contribution in [1.29, 1.82) is 0 Å². The summed E-state index contributed by atoms with van der Waals surface area (Å²) in [5.74, 6) is 0.683. The fraction of sp³-hybridized carbons (Fsp3) is 0.360. The Labute approximate surface area is 194 Å². The number of para-hydroxylation sites is 1. The van der Waals surface area contributed by atoms with Crippen LogP contribution in [0.15, 0.2) is 65.7 Å². The van der Waals surface area contributed by atoms with Crippen LogP contribution in [0.25, 0.3) is 16.5 Å². The monoisotopic (exact) mass is 467 g/mol. The van der Waals surface area contributed by atoms with Gasteiger partial charge in [0.15, 0.2) is 0 Å². The van der Waals surface area contributed by atoms with Crippen molar-refractivity contribution < 1.29 is 17.9 Å². The minimum atomic E-state index is -3.47. The summed E-state index contributed by atoms with van der Waals surface area (Å²) in [7, 11) is -3.47. The Morgan fingerprint density at radius 2 is 1.79 bits per heavy atom. The molecule has 0 spiro atoms. The maximum Gasteiger partial charge on any atom is 0.243 e. The van der Waals surface area contributed by atoms with Gasteiger partial charge in [0.05, 0.1) is 18.1 Å². The number of aromatic nitrogens is 1. The number of rotatable bonds is 7. The molecule has 5 rings (SSSR count). The first-order valence-electron chi connectivity index (χ1n) is 11.4. The third-order valence-electron chi connectivity index (χ3n) is 6.34. The second kappa shape index (κ2) is 9.69. The Kier molecular flexibility index (Phi) is 6.50. The molecule has 0 bridgehead atoms. The Morgan fingerprint density at radius 1 is 1.00 bits per heavy atom. The van der Waals surface area contributed by atoms with Crippen molar-refractivity contribution in [3.8, 4) is 5.75 Å². The summed E-state index contributed by atoms with van der Waals surface area (Å²) in [5, 5.41) is 1.28. The molecule has 0 atom stereocenters. The number of benzene rings is 2. The molecule has 33 heavy (non-hydrogen) atoms. The van der Waals surface area contributed by atoms with Crippen molar-refractivity contribution in [2.24, 2.45) is 0 Å². The number of hydrogen-bond donors (Lipinski definition) is 1. The molecule has 3 heterocycles. The van der Waals surface area contributed by atoms with E-state index in [-0.39, 0.29) is 0 Å². The lowest BCUT2D eigenvalue weighted by Gasteiger charge is -2.26. The molecule has 174 valence electrons. The van der Waals surface area contributed by atoms with Gasteiger partial charge in [0.1, 0.15) is 12.4 Å². The van der Waals surface area contributed by atoms with Gasteiger partial charge in [-0.1, -0.05) is 24.3 Å². The molecule has 0 unspecified atom stereocenters. The van der Waals surface area contributed by atoms with Gasteiger partial charge in [0.25, 0.3) is 0 Å². The quantitative estimate of drug-likeness (QED) is 0.577. The number of H-pyrrole nitrogens is 1. The first-order chi connectivity index (χ1) is 16.1. The van der Waals surface area contributed by atoms with Gasteiger partial charge >= 0.3 is 0 Å². The van der Waals surface area contributed by atoms with Crippen LogP contribution in [0.1, 0.15) is 12.0 Å². The Morgan fingerprint density at radius 3 is 2.55 bits per heavy atom. The summed E-state index contributed by atoms with van der Waals surface area (Å²) in [5.41, 5.74) is 3.86. The lowest BCUT2D eigenvalue weighted by molar-refractivity contribution is 0.0730. The van der Waals surface area contributed by atoms with Crippen molar-refractivity contribution >= 4 is 26.5 Å². The molecular formula is C25H29N3O4S. The van der Waals surface area contributed by atoms with Gasteiger partial charge in [-0.15, -0.1) is 0 Å². The third-order valence-corrected chi connectivity index (χ3v) is 8.25. The summed E-state index contributed by atoms with van der Waals surface area (Å²) in [4.78, 5) is 6.03. The molecule has 2 aromatic carbocycles. The molecule has 0 amide bonds. The fourth-order valence-corrected chi connectivity index (χ4v) is 5.84. The zero-order chi connectivity index (χ0) is 22.7. The summed E-state index contributed by atoms with van der Waals surface area (Å²) in [6.45, 7) is 4.95. The summed E-state index contributed by atoms with van der Waals surface area (Å²) >= 11 is 0. The standard InChI is InChI=1S/C25H29N3O4S/c29-33(30,28-14-16-31-17-15-28)22-7-5-21(6-8-22)32-18-13-27-11-9-20(10-12-27)24-19-26-25-4-2-1-3-23(24)25/h1-9,19,26H,10-18H2. The van der Waals surface area contributed by atoms with Crippen molar-refractivity contribution in [2.45, 2.75) is 11.3 Å². The minimum Gasteiger partial charge on any atom is -0.492 e. The molecule has 1 fully saturated rings.